The van der Waals surface area contributed by atoms with Crippen molar-refractivity contribution >= 4 is 21.6 Å². The molecule has 0 spiro atoms. The fourth-order valence-corrected chi connectivity index (χ4v) is 2.41. The first-order chi connectivity index (χ1) is 9.49. The minimum Gasteiger partial charge on any atom is -0.383 e. The second-order valence-electron chi connectivity index (χ2n) is 4.83. The average Bonchev–Trinajstić information content (AvgIpc) is 2.40. The summed E-state index contributed by atoms with van der Waals surface area (Å²) < 4.78 is 2.58. The first kappa shape index (κ1) is 14.8. The molecule has 0 atom stereocenters. The van der Waals surface area contributed by atoms with Gasteiger partial charge in [0.15, 0.2) is 0 Å². The number of nitrogens with one attached hydrogen (secondary N) is 1. The molecule has 0 saturated carbocycles. The molecule has 4 nitrogen and oxygen atoms in total. The standard InChI is InChI=1S/C15H18BrN3O/c1-10-5-4-6-13(9-10)17-7-8-19-12(3)14(16)11(2)18-15(19)20/h4-6,9,17H,7-8H2,1-3H3. The van der Waals surface area contributed by atoms with Crippen LogP contribution >= 0.6 is 15.9 Å². The van der Waals surface area contributed by atoms with Crippen molar-refractivity contribution in [3.05, 3.63) is 56.2 Å². The van der Waals surface area contributed by atoms with Gasteiger partial charge in [0.05, 0.1) is 10.2 Å². The van der Waals surface area contributed by atoms with Gasteiger partial charge >= 0.3 is 5.69 Å². The van der Waals surface area contributed by atoms with E-state index in [1.54, 1.807) is 4.57 Å². The summed E-state index contributed by atoms with van der Waals surface area (Å²) in [6.45, 7) is 7.08. The van der Waals surface area contributed by atoms with Gasteiger partial charge < -0.3 is 5.32 Å². The summed E-state index contributed by atoms with van der Waals surface area (Å²) in [7, 11) is 0. The Labute approximate surface area is 127 Å². The van der Waals surface area contributed by atoms with Crippen molar-refractivity contribution < 1.29 is 0 Å². The van der Waals surface area contributed by atoms with E-state index in [-0.39, 0.29) is 5.69 Å². The Balaban J connectivity index is 2.09. The van der Waals surface area contributed by atoms with Gasteiger partial charge in [-0.25, -0.2) is 4.79 Å². The van der Waals surface area contributed by atoms with Gasteiger partial charge in [-0.1, -0.05) is 12.1 Å². The van der Waals surface area contributed by atoms with E-state index in [0.717, 1.165) is 21.5 Å². The lowest BCUT2D eigenvalue weighted by atomic mass is 10.2. The first-order valence-electron chi connectivity index (χ1n) is 6.53. The molecule has 20 heavy (non-hydrogen) atoms. The van der Waals surface area contributed by atoms with E-state index >= 15 is 0 Å². The maximum atomic E-state index is 11.9. The van der Waals surface area contributed by atoms with Gasteiger partial charge in [-0.15, -0.1) is 0 Å². The zero-order chi connectivity index (χ0) is 14.7. The molecule has 0 amide bonds. The molecule has 106 valence electrons. The number of hydrogen-bond acceptors (Lipinski definition) is 3. The molecule has 1 aromatic heterocycles. The molecule has 1 aromatic carbocycles. The van der Waals surface area contributed by atoms with Gasteiger partial charge in [0.1, 0.15) is 0 Å². The number of benzene rings is 1. The molecule has 0 fully saturated rings. The van der Waals surface area contributed by atoms with Crippen molar-refractivity contribution in [2.24, 2.45) is 0 Å². The molecule has 1 N–H and O–H groups in total. The summed E-state index contributed by atoms with van der Waals surface area (Å²) in [5, 5.41) is 3.32. The largest absolute Gasteiger partial charge is 0.383 e. The molecule has 1 heterocycles. The molecule has 5 heteroatoms. The number of hydrogen-bond donors (Lipinski definition) is 1. The summed E-state index contributed by atoms with van der Waals surface area (Å²) in [5.74, 6) is 0. The molecular weight excluding hydrogens is 318 g/mol. The summed E-state index contributed by atoms with van der Waals surface area (Å²) in [6, 6.07) is 8.17. The van der Waals surface area contributed by atoms with Crippen LogP contribution in [0.2, 0.25) is 0 Å². The van der Waals surface area contributed by atoms with Gasteiger partial charge in [-0.3, -0.25) is 4.57 Å². The highest BCUT2D eigenvalue weighted by molar-refractivity contribution is 9.10. The van der Waals surface area contributed by atoms with Crippen LogP contribution in [-0.2, 0) is 6.54 Å². The number of aromatic nitrogens is 2. The Kier molecular flexibility index (Phi) is 4.60. The SMILES string of the molecule is Cc1cccc(NCCn2c(C)c(Br)c(C)nc2=O)c1. The van der Waals surface area contributed by atoms with Crippen LogP contribution in [0.3, 0.4) is 0 Å². The van der Waals surface area contributed by atoms with Crippen LogP contribution in [-0.4, -0.2) is 16.1 Å². The molecule has 0 aliphatic carbocycles. The highest BCUT2D eigenvalue weighted by Gasteiger charge is 2.08. The third kappa shape index (κ3) is 3.28. The highest BCUT2D eigenvalue weighted by atomic mass is 79.9. The smallest absolute Gasteiger partial charge is 0.348 e. The molecule has 0 aliphatic heterocycles. The average molecular weight is 336 g/mol. The second kappa shape index (κ2) is 6.22. The number of rotatable bonds is 4. The second-order valence-corrected chi connectivity index (χ2v) is 5.62. The van der Waals surface area contributed by atoms with Crippen LogP contribution in [0.5, 0.6) is 0 Å². The van der Waals surface area contributed by atoms with E-state index in [1.807, 2.05) is 26.0 Å². The number of nitrogens with zero attached hydrogens (tertiary/aromatic N) is 2. The Morgan fingerprint density at radius 1 is 1.30 bits per heavy atom. The lowest BCUT2D eigenvalue weighted by molar-refractivity contribution is 0.643. The Hall–Kier alpha value is -1.62. The molecule has 2 aromatic rings. The maximum Gasteiger partial charge on any atom is 0.348 e. The predicted molar refractivity (Wildman–Crippen MR) is 85.3 cm³/mol. The molecule has 0 bridgehead atoms. The maximum absolute atomic E-state index is 11.9. The van der Waals surface area contributed by atoms with Gasteiger partial charge in [0.25, 0.3) is 0 Å². The Bertz CT molecular complexity index is 679. The van der Waals surface area contributed by atoms with E-state index in [9.17, 15) is 4.79 Å². The minimum absolute atomic E-state index is 0.200. The van der Waals surface area contributed by atoms with E-state index in [0.29, 0.717) is 13.1 Å². The molecule has 0 radical (unpaired) electrons. The monoisotopic (exact) mass is 335 g/mol. The van der Waals surface area contributed by atoms with E-state index in [1.165, 1.54) is 5.56 Å². The number of aryl methyl sites for hydroxylation is 2. The van der Waals surface area contributed by atoms with Gasteiger partial charge in [0.2, 0.25) is 0 Å². The van der Waals surface area contributed by atoms with Crippen molar-refractivity contribution in [2.75, 3.05) is 11.9 Å². The quantitative estimate of drug-likeness (QED) is 0.934. The minimum atomic E-state index is -0.200. The first-order valence-corrected chi connectivity index (χ1v) is 7.32. The normalized spacial score (nSPS) is 10.6. The predicted octanol–water partition coefficient (Wildman–Crippen LogP) is 3.04. The zero-order valence-electron chi connectivity index (χ0n) is 11.9. The van der Waals surface area contributed by atoms with E-state index in [4.69, 9.17) is 0 Å². The Morgan fingerprint density at radius 3 is 2.75 bits per heavy atom. The zero-order valence-corrected chi connectivity index (χ0v) is 13.5. The van der Waals surface area contributed by atoms with Crippen molar-refractivity contribution in [1.82, 2.24) is 9.55 Å². The molecule has 0 aliphatic rings. The summed E-state index contributed by atoms with van der Waals surface area (Å²) in [5.41, 5.74) is 3.72. The van der Waals surface area contributed by atoms with Crippen molar-refractivity contribution in [3.63, 3.8) is 0 Å². The van der Waals surface area contributed by atoms with Crippen LogP contribution in [0.4, 0.5) is 5.69 Å². The molecule has 2 rings (SSSR count). The fraction of sp³-hybridized carbons (Fsp3) is 0.333. The summed E-state index contributed by atoms with van der Waals surface area (Å²) in [4.78, 5) is 15.9. The van der Waals surface area contributed by atoms with Gasteiger partial charge in [-0.2, -0.15) is 4.98 Å². The van der Waals surface area contributed by atoms with Crippen molar-refractivity contribution in [2.45, 2.75) is 27.3 Å². The number of anilines is 1. The summed E-state index contributed by atoms with van der Waals surface area (Å²) >= 11 is 3.47. The van der Waals surface area contributed by atoms with Gasteiger partial charge in [-0.05, 0) is 54.4 Å². The third-order valence-electron chi connectivity index (χ3n) is 3.22. The lowest BCUT2D eigenvalue weighted by Crippen LogP contribution is -2.29. The lowest BCUT2D eigenvalue weighted by Gasteiger charge is -2.13. The topological polar surface area (TPSA) is 46.9 Å². The number of halogens is 1. The van der Waals surface area contributed by atoms with Crippen molar-refractivity contribution in [1.29, 1.82) is 0 Å². The van der Waals surface area contributed by atoms with Crippen LogP contribution < -0.4 is 11.0 Å². The molecule has 0 unspecified atom stereocenters. The van der Waals surface area contributed by atoms with Crippen LogP contribution in [0.25, 0.3) is 0 Å². The van der Waals surface area contributed by atoms with Crippen LogP contribution in [0.15, 0.2) is 33.5 Å². The third-order valence-corrected chi connectivity index (χ3v) is 4.36. The fourth-order valence-electron chi connectivity index (χ4n) is 2.11. The Morgan fingerprint density at radius 2 is 2.05 bits per heavy atom. The van der Waals surface area contributed by atoms with Gasteiger partial charge in [0, 0.05) is 24.5 Å². The summed E-state index contributed by atoms with van der Waals surface area (Å²) in [6.07, 6.45) is 0. The van der Waals surface area contributed by atoms with Crippen molar-refractivity contribution in [3.8, 4) is 0 Å². The molecular formula is C15H18BrN3O. The van der Waals surface area contributed by atoms with E-state index in [2.05, 4.69) is 45.3 Å². The van der Waals surface area contributed by atoms with Crippen LogP contribution in [0, 0.1) is 20.8 Å². The van der Waals surface area contributed by atoms with E-state index < -0.39 is 0 Å². The highest BCUT2D eigenvalue weighted by Crippen LogP contribution is 2.16. The van der Waals surface area contributed by atoms with Crippen LogP contribution in [0.1, 0.15) is 17.0 Å². The molecule has 0 saturated heterocycles.